The number of nitrogens with zero attached hydrogens (tertiary/aromatic N) is 4. The van der Waals surface area contributed by atoms with Crippen molar-refractivity contribution in [3.63, 3.8) is 0 Å². The number of hydrogen-bond acceptors (Lipinski definition) is 7. The first-order valence-electron chi connectivity index (χ1n) is 13.6. The van der Waals surface area contributed by atoms with Crippen molar-refractivity contribution in [1.29, 1.82) is 0 Å². The van der Waals surface area contributed by atoms with Gasteiger partial charge in [0.25, 0.3) is 5.91 Å². The van der Waals surface area contributed by atoms with Crippen molar-refractivity contribution >= 4 is 32.6 Å². The van der Waals surface area contributed by atoms with Crippen LogP contribution in [0.1, 0.15) is 65.8 Å². The van der Waals surface area contributed by atoms with E-state index in [9.17, 15) is 18.7 Å². The van der Waals surface area contributed by atoms with Crippen molar-refractivity contribution in [1.82, 2.24) is 24.8 Å². The molecule has 2 aliphatic heterocycles. The molecule has 3 aliphatic rings. The molecular formula is C28H28B2F2N6O3. The molecule has 9 nitrogen and oxygen atoms in total. The van der Waals surface area contributed by atoms with Crippen molar-refractivity contribution in [2.24, 2.45) is 11.1 Å². The van der Waals surface area contributed by atoms with Gasteiger partial charge in [0.05, 0.1) is 28.7 Å². The largest absolute Gasteiger partial charge is 0.434 e. The summed E-state index contributed by atoms with van der Waals surface area (Å²) >= 11 is 0. The van der Waals surface area contributed by atoms with Crippen LogP contribution in [-0.2, 0) is 5.54 Å². The van der Waals surface area contributed by atoms with Gasteiger partial charge in [0.1, 0.15) is 33.1 Å². The Labute approximate surface area is 236 Å². The lowest BCUT2D eigenvalue weighted by Crippen LogP contribution is -2.64. The van der Waals surface area contributed by atoms with E-state index in [4.69, 9.17) is 15.5 Å². The van der Waals surface area contributed by atoms with Crippen LogP contribution in [0.15, 0.2) is 48.8 Å². The van der Waals surface area contributed by atoms with Gasteiger partial charge in [-0.15, -0.1) is 0 Å². The SMILES string of the molecule is BC(B)(O)C1(C)CC(N)(c2ncc(-c3ccc4nc5n(c4c3)C3CC5NC(=O)c4cccc(OC(F)F)c43)cn2)C1. The van der Waals surface area contributed by atoms with Crippen molar-refractivity contribution in [2.45, 2.75) is 55.8 Å². The number of nitrogens with one attached hydrogen (secondary N) is 1. The lowest BCUT2D eigenvalue weighted by Gasteiger charge is -2.57. The minimum atomic E-state index is -3.02. The quantitative estimate of drug-likeness (QED) is 0.320. The zero-order valence-corrected chi connectivity index (χ0v) is 22.9. The van der Waals surface area contributed by atoms with E-state index >= 15 is 0 Å². The maximum atomic E-state index is 13.3. The van der Waals surface area contributed by atoms with Gasteiger partial charge in [-0.2, -0.15) is 8.78 Å². The van der Waals surface area contributed by atoms with Crippen LogP contribution in [0.25, 0.3) is 22.2 Å². The third kappa shape index (κ3) is 3.89. The van der Waals surface area contributed by atoms with Gasteiger partial charge in [0, 0.05) is 34.5 Å². The van der Waals surface area contributed by atoms with Gasteiger partial charge in [-0.25, -0.2) is 15.0 Å². The number of halogens is 2. The molecule has 0 radical (unpaired) electrons. The summed E-state index contributed by atoms with van der Waals surface area (Å²) in [6, 6.07) is 9.66. The Morgan fingerprint density at radius 1 is 1.20 bits per heavy atom. The van der Waals surface area contributed by atoms with Gasteiger partial charge in [-0.05, 0) is 54.5 Å². The highest BCUT2D eigenvalue weighted by molar-refractivity contribution is 6.39. The van der Waals surface area contributed by atoms with Crippen molar-refractivity contribution in [2.75, 3.05) is 0 Å². The third-order valence-electron chi connectivity index (χ3n) is 9.28. The molecule has 13 heteroatoms. The van der Waals surface area contributed by atoms with Crippen LogP contribution in [0.4, 0.5) is 8.78 Å². The Morgan fingerprint density at radius 3 is 2.61 bits per heavy atom. The highest BCUT2D eigenvalue weighted by atomic mass is 19.3. The minimum Gasteiger partial charge on any atom is -0.434 e. The summed E-state index contributed by atoms with van der Waals surface area (Å²) in [6.45, 7) is -0.996. The van der Waals surface area contributed by atoms with Crippen LogP contribution < -0.4 is 15.8 Å². The molecule has 41 heavy (non-hydrogen) atoms. The molecule has 0 saturated heterocycles. The summed E-state index contributed by atoms with van der Waals surface area (Å²) in [7, 11) is 3.60. The van der Waals surface area contributed by atoms with Crippen LogP contribution in [0.3, 0.4) is 0 Å². The molecule has 4 heterocycles. The van der Waals surface area contributed by atoms with E-state index in [0.29, 0.717) is 42.0 Å². The van der Waals surface area contributed by atoms with E-state index < -0.39 is 23.6 Å². The highest BCUT2D eigenvalue weighted by Gasteiger charge is 2.58. The van der Waals surface area contributed by atoms with Gasteiger partial charge in [-0.1, -0.05) is 19.1 Å². The highest BCUT2D eigenvalue weighted by Crippen LogP contribution is 2.55. The molecule has 2 aromatic carbocycles. The molecule has 2 atom stereocenters. The maximum Gasteiger partial charge on any atom is 0.387 e. The predicted molar refractivity (Wildman–Crippen MR) is 152 cm³/mol. The second kappa shape index (κ2) is 8.59. The van der Waals surface area contributed by atoms with Crippen LogP contribution in [0.2, 0.25) is 0 Å². The average molecular weight is 556 g/mol. The molecule has 0 spiro atoms. The lowest BCUT2D eigenvalue weighted by atomic mass is 9.40. The summed E-state index contributed by atoms with van der Waals surface area (Å²) in [5.41, 5.74) is 9.52. The number of carbonyl (C=O) groups is 1. The summed E-state index contributed by atoms with van der Waals surface area (Å²) in [5, 5.41) is 12.7. The molecule has 4 aromatic rings. The van der Waals surface area contributed by atoms with E-state index in [2.05, 4.69) is 15.3 Å². The maximum absolute atomic E-state index is 13.3. The molecule has 1 fully saturated rings. The third-order valence-corrected chi connectivity index (χ3v) is 9.28. The second-order valence-corrected chi connectivity index (χ2v) is 12.3. The van der Waals surface area contributed by atoms with Crippen LogP contribution in [-0.4, -0.2) is 58.2 Å². The molecule has 1 aliphatic carbocycles. The van der Waals surface area contributed by atoms with E-state index in [1.54, 1.807) is 40.2 Å². The molecule has 208 valence electrons. The normalized spacial score (nSPS) is 26.7. The lowest BCUT2D eigenvalue weighted by molar-refractivity contribution is -0.0588. The second-order valence-electron chi connectivity index (χ2n) is 12.3. The standard InChI is InChI=1S/C28H28B2F2N6O3/c1-26(28(29,30)40)11-27(33,12-26)24-34-9-14(10-35-24)13-5-6-16-18(7-13)38-19-8-17(22(38)36-16)37-23(39)15-3-2-4-20(21(15)19)41-25(31)32/h2-7,9-10,17,19,25,40H,8,11-12,29-30,33H2,1H3,(H,37,39). The predicted octanol–water partition coefficient (Wildman–Crippen LogP) is 1.74. The molecule has 1 saturated carbocycles. The summed E-state index contributed by atoms with van der Waals surface area (Å²) in [5.74, 6) is 0.860. The fraction of sp³-hybridized carbons (Fsp3) is 0.357. The number of benzene rings is 2. The number of aromatic nitrogens is 4. The number of hydrogen-bond donors (Lipinski definition) is 3. The molecule has 2 unspecified atom stereocenters. The Morgan fingerprint density at radius 2 is 1.93 bits per heavy atom. The number of fused-ring (bicyclic) bond motifs is 9. The number of imidazole rings is 1. The molecule has 2 bridgehead atoms. The smallest absolute Gasteiger partial charge is 0.387 e. The van der Waals surface area contributed by atoms with E-state index in [1.165, 1.54) is 6.07 Å². The molecular weight excluding hydrogens is 528 g/mol. The topological polar surface area (TPSA) is 128 Å². The summed E-state index contributed by atoms with van der Waals surface area (Å²) in [6.07, 6.45) is 5.12. The summed E-state index contributed by atoms with van der Waals surface area (Å²) in [4.78, 5) is 27.0. The first kappa shape index (κ1) is 26.1. The zero-order valence-electron chi connectivity index (χ0n) is 22.9. The monoisotopic (exact) mass is 556 g/mol. The number of ether oxygens (including phenoxy) is 1. The van der Waals surface area contributed by atoms with E-state index in [1.807, 2.05) is 29.7 Å². The minimum absolute atomic E-state index is 0.0134. The molecule has 2 aromatic heterocycles. The van der Waals surface area contributed by atoms with Crippen LogP contribution in [0, 0.1) is 5.41 Å². The van der Waals surface area contributed by atoms with Gasteiger partial charge in [-0.3, -0.25) is 4.79 Å². The van der Waals surface area contributed by atoms with Crippen molar-refractivity contribution in [3.8, 4) is 16.9 Å². The van der Waals surface area contributed by atoms with Gasteiger partial charge in [0.15, 0.2) is 0 Å². The van der Waals surface area contributed by atoms with Gasteiger partial charge >= 0.3 is 6.61 Å². The van der Waals surface area contributed by atoms with E-state index in [0.717, 1.165) is 22.2 Å². The van der Waals surface area contributed by atoms with Crippen LogP contribution in [0.5, 0.6) is 5.75 Å². The zero-order chi connectivity index (χ0) is 28.9. The number of alkyl halides is 2. The average Bonchev–Trinajstić information content (AvgIpc) is 3.39. The summed E-state index contributed by atoms with van der Waals surface area (Å²) < 4.78 is 33.5. The fourth-order valence-corrected chi connectivity index (χ4v) is 6.86. The van der Waals surface area contributed by atoms with E-state index in [-0.39, 0.29) is 23.1 Å². The van der Waals surface area contributed by atoms with Gasteiger partial charge < -0.3 is 25.5 Å². The molecule has 7 rings (SSSR count). The first-order chi connectivity index (χ1) is 19.4. The number of nitrogens with two attached hydrogens (primary N) is 1. The number of amides is 1. The van der Waals surface area contributed by atoms with Crippen LogP contribution >= 0.6 is 0 Å². The molecule has 4 N–H and O–H groups in total. The fourth-order valence-electron chi connectivity index (χ4n) is 6.86. The first-order valence-corrected chi connectivity index (χ1v) is 13.6. The number of aliphatic hydroxyl groups is 1. The Kier molecular flexibility index (Phi) is 5.47. The Bertz CT molecular complexity index is 1720. The Hall–Kier alpha value is -3.83. The van der Waals surface area contributed by atoms with Gasteiger partial charge in [0.2, 0.25) is 0 Å². The number of rotatable bonds is 5. The Balaban J connectivity index is 1.26. The van der Waals surface area contributed by atoms with Crippen molar-refractivity contribution in [3.05, 3.63) is 71.6 Å². The number of carbonyl (C=O) groups excluding carboxylic acids is 1. The molecule has 1 amide bonds. The van der Waals surface area contributed by atoms with Crippen molar-refractivity contribution < 1.29 is 23.4 Å².